The van der Waals surface area contributed by atoms with Crippen LogP contribution in [0.25, 0.3) is 11.0 Å². The average molecular weight is 282 g/mol. The average Bonchev–Trinajstić information content (AvgIpc) is 2.52. The number of nitrogens with zero attached hydrogens (tertiary/aromatic N) is 2. The highest BCUT2D eigenvalue weighted by molar-refractivity contribution is 5.74. The summed E-state index contributed by atoms with van der Waals surface area (Å²) in [6.07, 6.45) is 1.59. The second-order valence-corrected chi connectivity index (χ2v) is 4.75. The monoisotopic (exact) mass is 282 g/mol. The molecule has 0 atom stereocenters. The Kier molecular flexibility index (Phi) is 3.37. The van der Waals surface area contributed by atoms with Gasteiger partial charge in [0, 0.05) is 12.7 Å². The molecule has 3 N–H and O–H groups in total. The SMILES string of the molecule is NCc1cnc2c(c1)c(=O)[nH]c(=O)n2Cc1ccccc1. The van der Waals surface area contributed by atoms with Crippen LogP contribution in [0.15, 0.2) is 52.2 Å². The highest BCUT2D eigenvalue weighted by Crippen LogP contribution is 2.09. The van der Waals surface area contributed by atoms with Gasteiger partial charge in [-0.05, 0) is 17.2 Å². The minimum absolute atomic E-state index is 0.292. The lowest BCUT2D eigenvalue weighted by atomic mass is 10.2. The predicted octanol–water partition coefficient (Wildman–Crippen LogP) is 0.592. The molecule has 0 aliphatic rings. The summed E-state index contributed by atoms with van der Waals surface area (Å²) in [6.45, 7) is 0.641. The van der Waals surface area contributed by atoms with E-state index in [1.165, 1.54) is 4.57 Å². The Balaban J connectivity index is 2.22. The Morgan fingerprint density at radius 1 is 1.14 bits per heavy atom. The summed E-state index contributed by atoms with van der Waals surface area (Å²) in [5.41, 5.74) is 6.72. The van der Waals surface area contributed by atoms with Crippen LogP contribution >= 0.6 is 0 Å². The van der Waals surface area contributed by atoms with Gasteiger partial charge in [-0.1, -0.05) is 30.3 Å². The van der Waals surface area contributed by atoms with Crippen molar-refractivity contribution in [2.24, 2.45) is 5.73 Å². The van der Waals surface area contributed by atoms with Crippen LogP contribution in [0.3, 0.4) is 0 Å². The fourth-order valence-electron chi connectivity index (χ4n) is 2.24. The molecule has 2 heterocycles. The smallest absolute Gasteiger partial charge is 0.326 e. The summed E-state index contributed by atoms with van der Waals surface area (Å²) in [5, 5.41) is 0.369. The number of rotatable bonds is 3. The van der Waals surface area contributed by atoms with E-state index in [1.54, 1.807) is 12.3 Å². The Labute approximate surface area is 119 Å². The minimum Gasteiger partial charge on any atom is -0.326 e. The van der Waals surface area contributed by atoms with Crippen LogP contribution in [0.5, 0.6) is 0 Å². The first-order valence-corrected chi connectivity index (χ1v) is 6.55. The molecule has 6 heteroatoms. The van der Waals surface area contributed by atoms with Gasteiger partial charge in [0.15, 0.2) is 0 Å². The molecule has 0 fully saturated rings. The summed E-state index contributed by atoms with van der Waals surface area (Å²) < 4.78 is 1.45. The van der Waals surface area contributed by atoms with Crippen LogP contribution in [-0.4, -0.2) is 14.5 Å². The van der Waals surface area contributed by atoms with Gasteiger partial charge in [0.05, 0.1) is 11.9 Å². The number of fused-ring (bicyclic) bond motifs is 1. The summed E-state index contributed by atoms with van der Waals surface area (Å²) >= 11 is 0. The van der Waals surface area contributed by atoms with Gasteiger partial charge >= 0.3 is 5.69 Å². The first-order chi connectivity index (χ1) is 10.2. The molecule has 0 spiro atoms. The predicted molar refractivity (Wildman–Crippen MR) is 80.1 cm³/mol. The molecule has 0 aliphatic heterocycles. The normalized spacial score (nSPS) is 10.9. The van der Waals surface area contributed by atoms with Crippen molar-refractivity contribution in [1.29, 1.82) is 0 Å². The fraction of sp³-hybridized carbons (Fsp3) is 0.133. The maximum Gasteiger partial charge on any atom is 0.330 e. The fourth-order valence-corrected chi connectivity index (χ4v) is 2.24. The van der Waals surface area contributed by atoms with E-state index in [0.717, 1.165) is 11.1 Å². The highest BCUT2D eigenvalue weighted by Gasteiger charge is 2.09. The number of aromatic nitrogens is 3. The Morgan fingerprint density at radius 3 is 2.62 bits per heavy atom. The molecule has 3 rings (SSSR count). The molecule has 2 aromatic heterocycles. The number of nitrogens with two attached hydrogens (primary N) is 1. The largest absolute Gasteiger partial charge is 0.330 e. The lowest BCUT2D eigenvalue weighted by Crippen LogP contribution is -2.31. The molecule has 0 unspecified atom stereocenters. The van der Waals surface area contributed by atoms with E-state index in [2.05, 4.69) is 9.97 Å². The first-order valence-electron chi connectivity index (χ1n) is 6.55. The third kappa shape index (κ3) is 2.48. The molecule has 0 bridgehead atoms. The Morgan fingerprint density at radius 2 is 1.90 bits per heavy atom. The second-order valence-electron chi connectivity index (χ2n) is 4.75. The highest BCUT2D eigenvalue weighted by atomic mass is 16.2. The Bertz CT molecular complexity index is 897. The number of hydrogen-bond acceptors (Lipinski definition) is 4. The van der Waals surface area contributed by atoms with Crippen molar-refractivity contribution in [3.05, 3.63) is 74.6 Å². The molecule has 0 radical (unpaired) electrons. The molecule has 0 saturated carbocycles. The topological polar surface area (TPSA) is 93.8 Å². The van der Waals surface area contributed by atoms with Crippen molar-refractivity contribution >= 4 is 11.0 Å². The zero-order valence-electron chi connectivity index (χ0n) is 11.2. The van der Waals surface area contributed by atoms with E-state index < -0.39 is 11.2 Å². The van der Waals surface area contributed by atoms with E-state index in [-0.39, 0.29) is 0 Å². The van der Waals surface area contributed by atoms with Crippen molar-refractivity contribution in [3.8, 4) is 0 Å². The zero-order valence-corrected chi connectivity index (χ0v) is 11.2. The van der Waals surface area contributed by atoms with Crippen LogP contribution < -0.4 is 17.0 Å². The molecule has 0 saturated heterocycles. The van der Waals surface area contributed by atoms with Gasteiger partial charge in [-0.15, -0.1) is 0 Å². The van der Waals surface area contributed by atoms with Gasteiger partial charge in [-0.25, -0.2) is 9.78 Å². The van der Waals surface area contributed by atoms with Crippen molar-refractivity contribution < 1.29 is 0 Å². The van der Waals surface area contributed by atoms with Crippen LogP contribution in [0.1, 0.15) is 11.1 Å². The summed E-state index contributed by atoms with van der Waals surface area (Å²) in [6, 6.07) is 11.2. The summed E-state index contributed by atoms with van der Waals surface area (Å²) in [4.78, 5) is 30.5. The maximum absolute atomic E-state index is 12.1. The van der Waals surface area contributed by atoms with Gasteiger partial charge in [0.25, 0.3) is 5.56 Å². The third-order valence-corrected chi connectivity index (χ3v) is 3.31. The molecule has 106 valence electrons. The van der Waals surface area contributed by atoms with Crippen LogP contribution in [-0.2, 0) is 13.1 Å². The maximum atomic E-state index is 12.1. The van der Waals surface area contributed by atoms with Crippen molar-refractivity contribution in [1.82, 2.24) is 14.5 Å². The third-order valence-electron chi connectivity index (χ3n) is 3.31. The molecule has 6 nitrogen and oxygen atoms in total. The lowest BCUT2D eigenvalue weighted by molar-refractivity contribution is 0.745. The number of benzene rings is 1. The minimum atomic E-state index is -0.468. The number of H-pyrrole nitrogens is 1. The van der Waals surface area contributed by atoms with Crippen molar-refractivity contribution in [2.45, 2.75) is 13.1 Å². The van der Waals surface area contributed by atoms with Gasteiger partial charge in [0.1, 0.15) is 5.65 Å². The molecule has 3 aromatic rings. The van der Waals surface area contributed by atoms with Gasteiger partial charge in [-0.2, -0.15) is 0 Å². The van der Waals surface area contributed by atoms with Crippen LogP contribution in [0.2, 0.25) is 0 Å². The summed E-state index contributed by atoms with van der Waals surface area (Å²) in [5.74, 6) is 0. The van der Waals surface area contributed by atoms with Gasteiger partial charge in [-0.3, -0.25) is 14.3 Å². The second kappa shape index (κ2) is 5.34. The van der Waals surface area contributed by atoms with Gasteiger partial charge in [0.2, 0.25) is 0 Å². The molecule has 0 aliphatic carbocycles. The van der Waals surface area contributed by atoms with Crippen LogP contribution in [0.4, 0.5) is 0 Å². The van der Waals surface area contributed by atoms with E-state index in [0.29, 0.717) is 24.1 Å². The van der Waals surface area contributed by atoms with E-state index >= 15 is 0 Å². The van der Waals surface area contributed by atoms with Crippen molar-refractivity contribution in [2.75, 3.05) is 0 Å². The van der Waals surface area contributed by atoms with Crippen LogP contribution in [0, 0.1) is 0 Å². The van der Waals surface area contributed by atoms with E-state index in [1.807, 2.05) is 30.3 Å². The number of hydrogen-bond donors (Lipinski definition) is 2. The van der Waals surface area contributed by atoms with Gasteiger partial charge < -0.3 is 5.73 Å². The molecular formula is C15H14N4O2. The number of pyridine rings is 1. The zero-order chi connectivity index (χ0) is 14.8. The first kappa shape index (κ1) is 13.3. The lowest BCUT2D eigenvalue weighted by Gasteiger charge is -2.09. The number of nitrogens with one attached hydrogen (secondary N) is 1. The number of aromatic amines is 1. The van der Waals surface area contributed by atoms with E-state index in [9.17, 15) is 9.59 Å². The molecule has 21 heavy (non-hydrogen) atoms. The molecule has 0 amide bonds. The molecule has 1 aromatic carbocycles. The standard InChI is InChI=1S/C15H14N4O2/c16-7-11-6-12-13(17-8-11)19(15(21)18-14(12)20)9-10-4-2-1-3-5-10/h1-6,8H,7,9,16H2,(H,18,20,21). The van der Waals surface area contributed by atoms with Crippen molar-refractivity contribution in [3.63, 3.8) is 0 Å². The summed E-state index contributed by atoms with van der Waals surface area (Å²) in [7, 11) is 0. The molecular weight excluding hydrogens is 268 g/mol. The quantitative estimate of drug-likeness (QED) is 0.735. The Hall–Kier alpha value is -2.73. The van der Waals surface area contributed by atoms with E-state index in [4.69, 9.17) is 5.73 Å².